The van der Waals surface area contributed by atoms with E-state index in [4.69, 9.17) is 11.0 Å². The Hall–Kier alpha value is -1.78. The summed E-state index contributed by atoms with van der Waals surface area (Å²) >= 11 is 6.43. The highest BCUT2D eigenvalue weighted by Gasteiger charge is 2.10. The molecule has 0 aliphatic carbocycles. The Morgan fingerprint density at radius 3 is 1.91 bits per heavy atom. The number of carbonyl (C=O) groups excluding carboxylic acids is 1. The molecule has 0 radical (unpaired) electrons. The van der Waals surface area contributed by atoms with Crippen molar-refractivity contribution in [1.82, 2.24) is 9.97 Å². The van der Waals surface area contributed by atoms with Crippen LogP contribution in [0.25, 0.3) is 0 Å². The Labute approximate surface area is 152 Å². The fourth-order valence-corrected chi connectivity index (χ4v) is 1.99. The third kappa shape index (κ3) is 6.47. The summed E-state index contributed by atoms with van der Waals surface area (Å²) in [6.45, 7) is 3.61. The predicted molar refractivity (Wildman–Crippen MR) is 95.5 cm³/mol. The number of rotatable bonds is 3. The van der Waals surface area contributed by atoms with Gasteiger partial charge in [-0.25, -0.2) is 9.97 Å². The van der Waals surface area contributed by atoms with E-state index in [2.05, 4.69) is 47.9 Å². The second-order valence-corrected chi connectivity index (χ2v) is 6.43. The van der Waals surface area contributed by atoms with Crippen LogP contribution in [0.15, 0.2) is 45.9 Å². The minimum Gasteiger partial charge on any atom is -0.369 e. The fourth-order valence-electron chi connectivity index (χ4n) is 1.53. The molecule has 5 nitrogen and oxygen atoms in total. The number of hydrogen-bond acceptors (Lipinski definition) is 4. The van der Waals surface area contributed by atoms with Crippen molar-refractivity contribution in [2.45, 2.75) is 25.7 Å². The van der Waals surface area contributed by atoms with Crippen molar-refractivity contribution in [1.29, 1.82) is 5.26 Å². The molecule has 0 saturated carbocycles. The van der Waals surface area contributed by atoms with Crippen LogP contribution in [0.2, 0.25) is 0 Å². The van der Waals surface area contributed by atoms with E-state index in [1.165, 1.54) is 0 Å². The average molecular weight is 440 g/mol. The standard InChI is InChI=1S/C8H9BrN2O.C8H7BrN2/c1-5(8(10)12)6-2-3-7(9)11-4-6;1-6(4-10)7-2-3-8(9)11-5-7/h2-5H,1H3,(H2,10,12);2-3,5-6H,1H3. The molecule has 0 fully saturated rings. The zero-order valence-corrected chi connectivity index (χ0v) is 15.9. The van der Waals surface area contributed by atoms with Crippen LogP contribution >= 0.6 is 31.9 Å². The molecule has 2 aromatic rings. The molecule has 2 aromatic heterocycles. The molecule has 0 spiro atoms. The summed E-state index contributed by atoms with van der Waals surface area (Å²) in [7, 11) is 0. The lowest BCUT2D eigenvalue weighted by molar-refractivity contribution is -0.119. The smallest absolute Gasteiger partial charge is 0.224 e. The van der Waals surface area contributed by atoms with Gasteiger partial charge in [0.2, 0.25) is 5.91 Å². The van der Waals surface area contributed by atoms with E-state index in [0.29, 0.717) is 0 Å². The lowest BCUT2D eigenvalue weighted by Gasteiger charge is -2.05. The second kappa shape index (κ2) is 9.38. The number of halogens is 2. The summed E-state index contributed by atoms with van der Waals surface area (Å²) in [5.74, 6) is -0.680. The first-order chi connectivity index (χ1) is 10.8. The van der Waals surface area contributed by atoms with Gasteiger partial charge in [-0.2, -0.15) is 5.26 Å². The summed E-state index contributed by atoms with van der Waals surface area (Å²) in [6.07, 6.45) is 3.34. The van der Waals surface area contributed by atoms with Gasteiger partial charge in [-0.1, -0.05) is 12.1 Å². The SMILES string of the molecule is CC(C#N)c1ccc(Br)nc1.CC(C(N)=O)c1ccc(Br)nc1. The zero-order valence-electron chi connectivity index (χ0n) is 12.7. The van der Waals surface area contributed by atoms with Gasteiger partial charge in [0.15, 0.2) is 0 Å². The topological polar surface area (TPSA) is 92.7 Å². The molecule has 2 atom stereocenters. The third-order valence-corrected chi connectivity index (χ3v) is 4.06. The van der Waals surface area contributed by atoms with Crippen molar-refractivity contribution in [3.8, 4) is 6.07 Å². The average Bonchev–Trinajstić information content (AvgIpc) is 2.55. The van der Waals surface area contributed by atoms with E-state index in [1.54, 1.807) is 25.4 Å². The van der Waals surface area contributed by atoms with E-state index < -0.39 is 0 Å². The maximum absolute atomic E-state index is 10.8. The Kier molecular flexibility index (Phi) is 7.86. The molecule has 7 heteroatoms. The highest BCUT2D eigenvalue weighted by atomic mass is 79.9. The highest BCUT2D eigenvalue weighted by Crippen LogP contribution is 2.15. The number of aromatic nitrogens is 2. The summed E-state index contributed by atoms with van der Waals surface area (Å²) in [6, 6.07) is 9.49. The molecular formula is C16H16Br2N4O. The van der Waals surface area contributed by atoms with Gasteiger partial charge >= 0.3 is 0 Å². The molecule has 23 heavy (non-hydrogen) atoms. The molecule has 2 rings (SSSR count). The summed E-state index contributed by atoms with van der Waals surface area (Å²) in [4.78, 5) is 18.8. The van der Waals surface area contributed by atoms with Crippen molar-refractivity contribution in [3.63, 3.8) is 0 Å². The van der Waals surface area contributed by atoms with E-state index in [1.807, 2.05) is 25.1 Å². The molecule has 120 valence electrons. The number of nitrogens with zero attached hydrogens (tertiary/aromatic N) is 3. The molecule has 2 N–H and O–H groups in total. The number of amides is 1. The van der Waals surface area contributed by atoms with E-state index >= 15 is 0 Å². The van der Waals surface area contributed by atoms with Crippen molar-refractivity contribution < 1.29 is 4.79 Å². The monoisotopic (exact) mass is 438 g/mol. The van der Waals surface area contributed by atoms with Crippen molar-refractivity contribution in [3.05, 3.63) is 57.0 Å². The molecule has 1 amide bonds. The van der Waals surface area contributed by atoms with E-state index in [-0.39, 0.29) is 17.7 Å². The molecule has 0 saturated heterocycles. The summed E-state index contributed by atoms with van der Waals surface area (Å²) < 4.78 is 1.55. The van der Waals surface area contributed by atoms with Crippen molar-refractivity contribution >= 4 is 37.8 Å². The third-order valence-electron chi connectivity index (χ3n) is 3.12. The lowest BCUT2D eigenvalue weighted by atomic mass is 10.0. The highest BCUT2D eigenvalue weighted by molar-refractivity contribution is 9.10. The molecule has 0 bridgehead atoms. The Morgan fingerprint density at radius 2 is 1.57 bits per heavy atom. The van der Waals surface area contributed by atoms with Crippen LogP contribution in [-0.2, 0) is 4.79 Å². The second-order valence-electron chi connectivity index (χ2n) is 4.80. The normalized spacial score (nSPS) is 12.3. The molecule has 0 aliphatic rings. The Bertz CT molecular complexity index is 681. The van der Waals surface area contributed by atoms with Gasteiger partial charge in [-0.05, 0) is 69.0 Å². The largest absolute Gasteiger partial charge is 0.369 e. The van der Waals surface area contributed by atoms with Gasteiger partial charge in [0.05, 0.1) is 17.9 Å². The van der Waals surface area contributed by atoms with Crippen molar-refractivity contribution in [2.75, 3.05) is 0 Å². The van der Waals surface area contributed by atoms with Crippen molar-refractivity contribution in [2.24, 2.45) is 5.73 Å². The van der Waals surface area contributed by atoms with Gasteiger partial charge < -0.3 is 5.73 Å². The quantitative estimate of drug-likeness (QED) is 0.733. The zero-order chi connectivity index (χ0) is 17.4. The number of pyridine rings is 2. The molecule has 0 aromatic carbocycles. The van der Waals surface area contributed by atoms with Crippen LogP contribution in [0.5, 0.6) is 0 Å². The summed E-state index contributed by atoms with van der Waals surface area (Å²) in [5, 5.41) is 8.57. The van der Waals surface area contributed by atoms with E-state index in [9.17, 15) is 4.79 Å². The van der Waals surface area contributed by atoms with Crippen LogP contribution < -0.4 is 5.73 Å². The first kappa shape index (κ1) is 19.3. The van der Waals surface area contributed by atoms with Crippen LogP contribution in [0.4, 0.5) is 0 Å². The maximum atomic E-state index is 10.8. The predicted octanol–water partition coefficient (Wildman–Crippen LogP) is 3.90. The van der Waals surface area contributed by atoms with Gasteiger partial charge in [0.1, 0.15) is 9.21 Å². The van der Waals surface area contributed by atoms with Gasteiger partial charge in [-0.3, -0.25) is 4.79 Å². The number of primary amides is 1. The lowest BCUT2D eigenvalue weighted by Crippen LogP contribution is -2.18. The van der Waals surface area contributed by atoms with Crippen LogP contribution in [-0.4, -0.2) is 15.9 Å². The minimum absolute atomic E-state index is 0.0735. The molecule has 2 unspecified atom stereocenters. The Balaban J connectivity index is 0.000000231. The number of nitrogens with two attached hydrogens (primary N) is 1. The minimum atomic E-state index is -0.334. The van der Waals surface area contributed by atoms with Crippen LogP contribution in [0, 0.1) is 11.3 Å². The van der Waals surface area contributed by atoms with E-state index in [0.717, 1.165) is 20.3 Å². The van der Waals surface area contributed by atoms with Gasteiger partial charge in [0, 0.05) is 12.4 Å². The number of carbonyl (C=O) groups is 1. The molecule has 2 heterocycles. The van der Waals surface area contributed by atoms with Crippen LogP contribution in [0.1, 0.15) is 36.8 Å². The van der Waals surface area contributed by atoms with Crippen LogP contribution in [0.3, 0.4) is 0 Å². The number of nitriles is 1. The van der Waals surface area contributed by atoms with Gasteiger partial charge in [0.25, 0.3) is 0 Å². The summed E-state index contributed by atoms with van der Waals surface area (Å²) in [5.41, 5.74) is 6.92. The number of hydrogen-bond donors (Lipinski definition) is 1. The fraction of sp³-hybridized carbons (Fsp3) is 0.250. The van der Waals surface area contributed by atoms with Gasteiger partial charge in [-0.15, -0.1) is 0 Å². The Morgan fingerprint density at radius 1 is 1.09 bits per heavy atom. The molecular weight excluding hydrogens is 424 g/mol. The first-order valence-electron chi connectivity index (χ1n) is 6.77. The maximum Gasteiger partial charge on any atom is 0.224 e. The molecule has 0 aliphatic heterocycles. The first-order valence-corrected chi connectivity index (χ1v) is 8.35.